The monoisotopic (exact) mass is 633 g/mol. The molecule has 264 valence electrons. The van der Waals surface area contributed by atoms with Gasteiger partial charge in [-0.15, -0.1) is 0 Å². The number of rotatable bonds is 35. The Bertz CT molecular complexity index is 716. The minimum Gasteiger partial charge on any atom is -0.390 e. The number of amides is 1. The normalized spacial score (nSPS) is 13.2. The number of unbranched alkanes of at least 4 members (excludes halogenated alkanes) is 22. The molecule has 0 spiro atoms. The summed E-state index contributed by atoms with van der Waals surface area (Å²) < 4.78 is 0.129. The van der Waals surface area contributed by atoms with Gasteiger partial charge >= 0.3 is 5.91 Å². The van der Waals surface area contributed by atoms with Gasteiger partial charge in [0.05, 0.1) is 19.6 Å². The molecule has 0 saturated heterocycles. The second-order valence-corrected chi connectivity index (χ2v) is 13.7. The zero-order valence-electron chi connectivity index (χ0n) is 30.6. The molecule has 0 aromatic carbocycles. The van der Waals surface area contributed by atoms with Crippen LogP contribution < -0.4 is 0 Å². The van der Waals surface area contributed by atoms with Gasteiger partial charge in [-0.3, -0.25) is 9.28 Å². The van der Waals surface area contributed by atoms with E-state index in [0.29, 0.717) is 25.9 Å². The van der Waals surface area contributed by atoms with Crippen LogP contribution in [-0.4, -0.2) is 47.5 Å². The summed E-state index contributed by atoms with van der Waals surface area (Å²) >= 11 is 0. The fourth-order valence-corrected chi connectivity index (χ4v) is 6.32. The van der Waals surface area contributed by atoms with E-state index in [1.165, 1.54) is 141 Å². The molecular formula is C41H78NO3+. The Morgan fingerprint density at radius 2 is 0.844 bits per heavy atom. The number of carbonyl (C=O) groups excluding carboxylic acids is 2. The molecular weight excluding hydrogens is 554 g/mol. The summed E-state index contributed by atoms with van der Waals surface area (Å²) in [5.41, 5.74) is 0. The summed E-state index contributed by atoms with van der Waals surface area (Å²) in [7, 11) is 0. The van der Waals surface area contributed by atoms with Gasteiger partial charge in [0.25, 0.3) is 0 Å². The molecule has 1 N–H and O–H groups in total. The lowest BCUT2D eigenvalue weighted by atomic mass is 10.0. The fourth-order valence-electron chi connectivity index (χ4n) is 6.32. The second-order valence-electron chi connectivity index (χ2n) is 13.7. The van der Waals surface area contributed by atoms with E-state index < -0.39 is 0 Å². The Hall–Kier alpha value is -1.26. The Labute approximate surface area is 281 Å². The maximum Gasteiger partial charge on any atom is 0.314 e. The van der Waals surface area contributed by atoms with E-state index in [1.54, 1.807) is 0 Å². The molecule has 4 nitrogen and oxygen atoms in total. The molecule has 4 heteroatoms. The van der Waals surface area contributed by atoms with Gasteiger partial charge in [-0.1, -0.05) is 141 Å². The number of nitrogens with zero attached hydrogens (tertiary/aromatic N) is 1. The highest BCUT2D eigenvalue weighted by Gasteiger charge is 2.35. The topological polar surface area (TPSA) is 54.4 Å². The summed E-state index contributed by atoms with van der Waals surface area (Å²) in [5, 5.41) is 9.73. The van der Waals surface area contributed by atoms with Crippen molar-refractivity contribution < 1.29 is 19.2 Å². The zero-order valence-corrected chi connectivity index (χ0v) is 30.6. The van der Waals surface area contributed by atoms with Gasteiger partial charge in [-0.2, -0.15) is 0 Å². The number of aliphatic hydroxyl groups is 1. The van der Waals surface area contributed by atoms with Gasteiger partial charge < -0.3 is 5.11 Å². The molecule has 0 aliphatic heterocycles. The van der Waals surface area contributed by atoms with Crippen molar-refractivity contribution in [2.24, 2.45) is 0 Å². The van der Waals surface area contributed by atoms with Crippen molar-refractivity contribution in [1.82, 2.24) is 0 Å². The Balaban J connectivity index is 3.99. The quantitative estimate of drug-likeness (QED) is 0.0429. The van der Waals surface area contributed by atoms with Crippen molar-refractivity contribution >= 4 is 11.7 Å². The Morgan fingerprint density at radius 1 is 0.489 bits per heavy atom. The average Bonchev–Trinajstić information content (AvgIpc) is 3.04. The largest absolute Gasteiger partial charge is 0.390 e. The van der Waals surface area contributed by atoms with Crippen LogP contribution in [0.3, 0.4) is 0 Å². The van der Waals surface area contributed by atoms with Crippen LogP contribution in [0.5, 0.6) is 0 Å². The average molecular weight is 633 g/mol. The molecule has 0 saturated carbocycles. The number of hydrogen-bond acceptors (Lipinski definition) is 3. The molecule has 0 aromatic rings. The number of carbonyl (C=O) groups is 2. The highest BCUT2D eigenvalue weighted by atomic mass is 16.3. The van der Waals surface area contributed by atoms with Gasteiger partial charge in [0.15, 0.2) is 5.78 Å². The van der Waals surface area contributed by atoms with E-state index in [4.69, 9.17) is 0 Å². The maximum atomic E-state index is 13.3. The molecule has 1 amide bonds. The number of likely N-dealkylation sites (N-methyl/N-ethyl adjacent to an activating group) is 1. The van der Waals surface area contributed by atoms with Crippen molar-refractivity contribution in [3.8, 4) is 0 Å². The predicted octanol–water partition coefficient (Wildman–Crippen LogP) is 12.0. The van der Waals surface area contributed by atoms with Crippen molar-refractivity contribution in [2.75, 3.05) is 26.2 Å². The summed E-state index contributed by atoms with van der Waals surface area (Å²) in [6.45, 7) is 7.67. The van der Waals surface area contributed by atoms with Gasteiger partial charge in [0.2, 0.25) is 0 Å². The Morgan fingerprint density at radius 3 is 1.22 bits per heavy atom. The van der Waals surface area contributed by atoms with E-state index in [-0.39, 0.29) is 29.3 Å². The van der Waals surface area contributed by atoms with E-state index in [2.05, 4.69) is 38.2 Å². The fraction of sp³-hybridized carbons (Fsp3) is 0.854. The summed E-state index contributed by atoms with van der Waals surface area (Å²) in [6.07, 6.45) is 42.8. The number of allylic oxidation sites excluding steroid dienone is 4. The first-order valence-electron chi connectivity index (χ1n) is 19.9. The van der Waals surface area contributed by atoms with E-state index >= 15 is 0 Å². The van der Waals surface area contributed by atoms with Crippen LogP contribution in [0.4, 0.5) is 0 Å². The smallest absolute Gasteiger partial charge is 0.314 e. The number of quaternary nitrogens is 1. The lowest BCUT2D eigenvalue weighted by molar-refractivity contribution is -0.845. The summed E-state index contributed by atoms with van der Waals surface area (Å²) in [6, 6.07) is 0. The summed E-state index contributed by atoms with van der Waals surface area (Å²) in [5.74, 6) is 0.322. The minimum atomic E-state index is -0.0490. The first kappa shape index (κ1) is 43.7. The van der Waals surface area contributed by atoms with E-state index in [1.807, 2.05) is 6.92 Å². The first-order valence-corrected chi connectivity index (χ1v) is 19.9. The second kappa shape index (κ2) is 34.1. The van der Waals surface area contributed by atoms with Crippen molar-refractivity contribution in [3.63, 3.8) is 0 Å². The third-order valence-corrected chi connectivity index (χ3v) is 9.51. The van der Waals surface area contributed by atoms with Crippen LogP contribution in [-0.2, 0) is 9.59 Å². The number of hydrogen-bond donors (Lipinski definition) is 1. The molecule has 45 heavy (non-hydrogen) atoms. The van der Waals surface area contributed by atoms with Crippen molar-refractivity contribution in [1.29, 1.82) is 0 Å². The molecule has 0 fully saturated rings. The lowest BCUT2D eigenvalue weighted by Gasteiger charge is -2.34. The standard InChI is InChI=1S/C41H78NO3/c1-4-7-9-11-13-15-17-19-21-23-25-27-29-31-33-35-40(44)39-42(6-3,37-38-43)41(45)36-34-32-30-28-26-24-22-20-18-16-14-12-10-8-5-2/h19-22,43H,4-18,23-39H2,1-3H3/q+1/b21-19-,22-20-. The molecule has 0 aliphatic carbocycles. The highest BCUT2D eigenvalue weighted by Crippen LogP contribution is 2.17. The molecule has 0 bridgehead atoms. The molecule has 1 atom stereocenters. The van der Waals surface area contributed by atoms with Crippen LogP contribution in [0, 0.1) is 0 Å². The number of aliphatic hydroxyl groups excluding tert-OH is 1. The van der Waals surface area contributed by atoms with Gasteiger partial charge in [-0.05, 0) is 71.1 Å². The van der Waals surface area contributed by atoms with Gasteiger partial charge in [0, 0.05) is 6.42 Å². The number of Topliss-reactive ketones (excluding diaryl/α,β-unsaturated/α-hetero) is 1. The molecule has 0 rings (SSSR count). The van der Waals surface area contributed by atoms with Crippen LogP contribution >= 0.6 is 0 Å². The van der Waals surface area contributed by atoms with Gasteiger partial charge in [0.1, 0.15) is 13.1 Å². The lowest BCUT2D eigenvalue weighted by Crippen LogP contribution is -2.56. The molecule has 0 aromatic heterocycles. The van der Waals surface area contributed by atoms with Crippen molar-refractivity contribution in [3.05, 3.63) is 24.3 Å². The van der Waals surface area contributed by atoms with E-state index in [9.17, 15) is 14.7 Å². The van der Waals surface area contributed by atoms with E-state index in [0.717, 1.165) is 25.7 Å². The third kappa shape index (κ3) is 27.6. The molecule has 1 unspecified atom stereocenters. The first-order chi connectivity index (χ1) is 22.1. The van der Waals surface area contributed by atoms with Gasteiger partial charge in [-0.25, -0.2) is 4.79 Å². The van der Waals surface area contributed by atoms with Crippen LogP contribution in [0.15, 0.2) is 24.3 Å². The van der Waals surface area contributed by atoms with Crippen LogP contribution in [0.1, 0.15) is 201 Å². The maximum absolute atomic E-state index is 13.3. The predicted molar refractivity (Wildman–Crippen MR) is 197 cm³/mol. The SMILES string of the molecule is CCCCCCCC/C=C\CCCCCCCC(=O)C[N+](CC)(CCO)C(=O)CCCCCCC/C=C\CCCCCCCC. The molecule has 0 aliphatic rings. The zero-order chi connectivity index (χ0) is 33.1. The van der Waals surface area contributed by atoms with Crippen LogP contribution in [0.2, 0.25) is 0 Å². The Kier molecular flexibility index (Phi) is 33.1. The minimum absolute atomic E-state index is 0.0490. The molecule has 0 radical (unpaired) electrons. The highest BCUT2D eigenvalue weighted by molar-refractivity contribution is 5.82. The van der Waals surface area contributed by atoms with Crippen LogP contribution in [0.25, 0.3) is 0 Å². The number of ketones is 1. The molecule has 0 heterocycles. The summed E-state index contributed by atoms with van der Waals surface area (Å²) in [4.78, 5) is 26.1. The van der Waals surface area contributed by atoms with Crippen molar-refractivity contribution in [2.45, 2.75) is 201 Å². The third-order valence-electron chi connectivity index (χ3n) is 9.51.